The quantitative estimate of drug-likeness (QED) is 0.816. The number of hydrogen-bond donors (Lipinski definition) is 2. The Kier molecular flexibility index (Phi) is 5.58. The summed E-state index contributed by atoms with van der Waals surface area (Å²) in [5, 5.41) is 12.4. The van der Waals surface area contributed by atoms with Crippen LogP contribution in [-0.2, 0) is 15.0 Å². The zero-order valence-corrected chi connectivity index (χ0v) is 13.8. The van der Waals surface area contributed by atoms with E-state index in [2.05, 4.69) is 5.32 Å². The normalized spacial score (nSPS) is 12.9. The topological polar surface area (TPSA) is 75.6 Å². The molecule has 0 spiro atoms. The van der Waals surface area contributed by atoms with Crippen LogP contribution in [0.3, 0.4) is 0 Å². The van der Waals surface area contributed by atoms with Crippen molar-refractivity contribution < 1.29 is 19.4 Å². The van der Waals surface area contributed by atoms with Crippen LogP contribution >= 0.6 is 0 Å². The van der Waals surface area contributed by atoms with Gasteiger partial charge in [-0.3, -0.25) is 9.59 Å². The summed E-state index contributed by atoms with van der Waals surface area (Å²) in [5.41, 5.74) is -0.179. The molecular weight excluding hydrogens is 306 g/mol. The minimum atomic E-state index is -1.30. The molecule has 2 aromatic rings. The lowest BCUT2D eigenvalue weighted by Gasteiger charge is -2.25. The lowest BCUT2D eigenvalue weighted by molar-refractivity contribution is -0.145. The maximum atomic E-state index is 12.4. The van der Waals surface area contributed by atoms with Crippen molar-refractivity contribution in [2.45, 2.75) is 25.7 Å². The van der Waals surface area contributed by atoms with Crippen molar-refractivity contribution in [2.75, 3.05) is 11.9 Å². The zero-order chi connectivity index (χ0) is 17.6. The fraction of sp³-hybridized carbons (Fsp3) is 0.263. The van der Waals surface area contributed by atoms with Gasteiger partial charge in [-0.2, -0.15) is 0 Å². The van der Waals surface area contributed by atoms with Gasteiger partial charge in [0.2, 0.25) is 5.91 Å². The zero-order valence-electron chi connectivity index (χ0n) is 13.8. The number of carbonyl (C=O) groups excluding carboxylic acids is 1. The molecular formula is C19H21NO4. The molecule has 0 fully saturated rings. The predicted octanol–water partition coefficient (Wildman–Crippen LogP) is 3.46. The van der Waals surface area contributed by atoms with Gasteiger partial charge in [0.25, 0.3) is 0 Å². The lowest BCUT2D eigenvalue weighted by Crippen LogP contribution is -2.36. The van der Waals surface area contributed by atoms with Gasteiger partial charge in [-0.15, -0.1) is 0 Å². The Bertz CT molecular complexity index is 714. The summed E-state index contributed by atoms with van der Waals surface area (Å²) in [6.07, 6.45) is -0.174. The molecule has 0 heterocycles. The third-order valence-electron chi connectivity index (χ3n) is 3.86. The highest BCUT2D eigenvalue weighted by atomic mass is 16.5. The first-order valence-corrected chi connectivity index (χ1v) is 7.78. The molecule has 2 rings (SSSR count). The molecule has 0 saturated carbocycles. The molecule has 1 atom stereocenters. The molecule has 1 amide bonds. The highest BCUT2D eigenvalue weighted by Gasteiger charge is 2.37. The van der Waals surface area contributed by atoms with Crippen molar-refractivity contribution in [2.24, 2.45) is 0 Å². The molecule has 0 aromatic heterocycles. The van der Waals surface area contributed by atoms with Crippen LogP contribution in [-0.4, -0.2) is 23.6 Å². The van der Waals surface area contributed by atoms with Crippen molar-refractivity contribution in [3.8, 4) is 5.75 Å². The van der Waals surface area contributed by atoms with Gasteiger partial charge in [0.15, 0.2) is 0 Å². The first kappa shape index (κ1) is 17.5. The van der Waals surface area contributed by atoms with Gasteiger partial charge in [0, 0.05) is 6.42 Å². The molecule has 24 heavy (non-hydrogen) atoms. The number of anilines is 1. The molecule has 126 valence electrons. The summed E-state index contributed by atoms with van der Waals surface area (Å²) in [4.78, 5) is 24.2. The highest BCUT2D eigenvalue weighted by Crippen LogP contribution is 2.30. The highest BCUT2D eigenvalue weighted by molar-refractivity contribution is 5.97. The Labute approximate surface area is 141 Å². The third-order valence-corrected chi connectivity index (χ3v) is 3.86. The van der Waals surface area contributed by atoms with E-state index < -0.39 is 11.4 Å². The van der Waals surface area contributed by atoms with Crippen molar-refractivity contribution >= 4 is 17.6 Å². The Morgan fingerprint density at radius 3 is 2.33 bits per heavy atom. The first-order valence-electron chi connectivity index (χ1n) is 7.78. The monoisotopic (exact) mass is 327 g/mol. The van der Waals surface area contributed by atoms with Gasteiger partial charge >= 0.3 is 5.97 Å². The van der Waals surface area contributed by atoms with E-state index in [9.17, 15) is 14.7 Å². The summed E-state index contributed by atoms with van der Waals surface area (Å²) in [5.74, 6) is -0.858. The van der Waals surface area contributed by atoms with E-state index >= 15 is 0 Å². The number of ether oxygens (including phenoxy) is 1. The van der Waals surface area contributed by atoms with E-state index in [-0.39, 0.29) is 12.3 Å². The summed E-state index contributed by atoms with van der Waals surface area (Å²) in [7, 11) is 0. The smallest absolute Gasteiger partial charge is 0.314 e. The van der Waals surface area contributed by atoms with Crippen LogP contribution in [0.25, 0.3) is 0 Å². The van der Waals surface area contributed by atoms with E-state index in [0.29, 0.717) is 23.6 Å². The molecule has 0 aliphatic rings. The summed E-state index contributed by atoms with van der Waals surface area (Å²) in [6, 6.07) is 15.8. The van der Waals surface area contributed by atoms with Gasteiger partial charge in [0.05, 0.1) is 17.7 Å². The summed E-state index contributed by atoms with van der Waals surface area (Å²) < 4.78 is 5.47. The molecule has 1 unspecified atom stereocenters. The Morgan fingerprint density at radius 1 is 1.08 bits per heavy atom. The molecule has 2 N–H and O–H groups in total. The van der Waals surface area contributed by atoms with Gasteiger partial charge in [-0.25, -0.2) is 0 Å². The van der Waals surface area contributed by atoms with Crippen molar-refractivity contribution in [1.29, 1.82) is 0 Å². The number of carboxylic acid groups (broad SMARTS) is 1. The van der Waals surface area contributed by atoms with E-state index in [1.807, 2.05) is 19.1 Å². The van der Waals surface area contributed by atoms with E-state index in [1.165, 1.54) is 0 Å². The molecule has 0 bridgehead atoms. The molecule has 5 nitrogen and oxygen atoms in total. The number of carbonyl (C=O) groups is 2. The minimum Gasteiger partial charge on any atom is -0.492 e. The second kappa shape index (κ2) is 7.64. The second-order valence-corrected chi connectivity index (χ2v) is 5.66. The maximum Gasteiger partial charge on any atom is 0.314 e. The largest absolute Gasteiger partial charge is 0.492 e. The fourth-order valence-electron chi connectivity index (χ4n) is 2.47. The predicted molar refractivity (Wildman–Crippen MR) is 92.3 cm³/mol. The van der Waals surface area contributed by atoms with Crippen LogP contribution in [0.15, 0.2) is 54.6 Å². The Balaban J connectivity index is 2.20. The Morgan fingerprint density at radius 2 is 1.71 bits per heavy atom. The van der Waals surface area contributed by atoms with Crippen molar-refractivity contribution in [3.63, 3.8) is 0 Å². The standard InChI is InChI=1S/C19H21NO4/c1-3-24-16-12-8-7-11-15(16)20-17(21)13-19(2,18(22)23)14-9-5-4-6-10-14/h4-12H,3,13H2,1-2H3,(H,20,21)(H,22,23). The maximum absolute atomic E-state index is 12.4. The summed E-state index contributed by atoms with van der Waals surface area (Å²) in [6.45, 7) is 3.89. The Hall–Kier alpha value is -2.82. The minimum absolute atomic E-state index is 0.174. The molecule has 0 saturated heterocycles. The number of rotatable bonds is 7. The van der Waals surface area contributed by atoms with Crippen LogP contribution in [0.5, 0.6) is 5.75 Å². The molecule has 0 aliphatic carbocycles. The van der Waals surface area contributed by atoms with Crippen LogP contribution in [0, 0.1) is 0 Å². The molecule has 0 aliphatic heterocycles. The third kappa shape index (κ3) is 3.93. The van der Waals surface area contributed by atoms with Crippen molar-refractivity contribution in [1.82, 2.24) is 0 Å². The fourth-order valence-corrected chi connectivity index (χ4v) is 2.47. The van der Waals surface area contributed by atoms with E-state index in [0.717, 1.165) is 0 Å². The van der Waals surface area contributed by atoms with Crippen molar-refractivity contribution in [3.05, 3.63) is 60.2 Å². The number of benzene rings is 2. The van der Waals surface area contributed by atoms with Gasteiger partial charge in [0.1, 0.15) is 5.75 Å². The molecule has 2 aromatic carbocycles. The number of nitrogens with one attached hydrogen (secondary N) is 1. The number of aliphatic carboxylic acids is 1. The number of para-hydroxylation sites is 2. The average molecular weight is 327 g/mol. The molecule has 5 heteroatoms. The number of hydrogen-bond acceptors (Lipinski definition) is 3. The number of carboxylic acids is 1. The van der Waals surface area contributed by atoms with Crippen LogP contribution in [0.1, 0.15) is 25.8 Å². The average Bonchev–Trinajstić information content (AvgIpc) is 2.57. The van der Waals surface area contributed by atoms with Crippen LogP contribution < -0.4 is 10.1 Å². The van der Waals surface area contributed by atoms with E-state index in [1.54, 1.807) is 49.4 Å². The summed E-state index contributed by atoms with van der Waals surface area (Å²) >= 11 is 0. The molecule has 0 radical (unpaired) electrons. The SMILES string of the molecule is CCOc1ccccc1NC(=O)CC(C)(C(=O)O)c1ccccc1. The number of amides is 1. The van der Waals surface area contributed by atoms with Gasteiger partial charge in [-0.05, 0) is 31.5 Å². The van der Waals surface area contributed by atoms with Gasteiger partial charge in [-0.1, -0.05) is 42.5 Å². The van der Waals surface area contributed by atoms with Crippen LogP contribution in [0.2, 0.25) is 0 Å². The van der Waals surface area contributed by atoms with E-state index in [4.69, 9.17) is 4.74 Å². The lowest BCUT2D eigenvalue weighted by atomic mass is 9.79. The first-order chi connectivity index (χ1) is 11.5. The van der Waals surface area contributed by atoms with Gasteiger partial charge < -0.3 is 15.2 Å². The second-order valence-electron chi connectivity index (χ2n) is 5.66. The van der Waals surface area contributed by atoms with Crippen LogP contribution in [0.4, 0.5) is 5.69 Å².